The molecule has 4 nitrogen and oxygen atoms in total. The Labute approximate surface area is 214 Å². The lowest BCUT2D eigenvalue weighted by Crippen LogP contribution is -2.35. The van der Waals surface area contributed by atoms with Crippen LogP contribution in [0, 0.1) is 0 Å². The van der Waals surface area contributed by atoms with E-state index in [-0.39, 0.29) is 17.5 Å². The minimum atomic E-state index is -0.376. The molecule has 0 spiro atoms. The van der Waals surface area contributed by atoms with Crippen LogP contribution in [0.25, 0.3) is 4.91 Å². The molecule has 0 unspecified atom stereocenters. The summed E-state index contributed by atoms with van der Waals surface area (Å²) in [5.74, 6) is -0.737. The van der Waals surface area contributed by atoms with E-state index >= 15 is 0 Å². The van der Waals surface area contributed by atoms with Gasteiger partial charge in [-0.3, -0.25) is 9.59 Å². The summed E-state index contributed by atoms with van der Waals surface area (Å²) in [6.45, 7) is 0.331. The number of halogens is 1. The highest BCUT2D eigenvalue weighted by Gasteiger charge is 2.21. The van der Waals surface area contributed by atoms with Crippen molar-refractivity contribution in [1.29, 1.82) is 0 Å². The molecule has 0 aliphatic carbocycles. The van der Waals surface area contributed by atoms with E-state index in [4.69, 9.17) is 11.6 Å². The third-order valence-electron chi connectivity index (χ3n) is 5.09. The van der Waals surface area contributed by atoms with E-state index in [0.29, 0.717) is 22.0 Å². The fourth-order valence-electron chi connectivity index (χ4n) is 3.32. The Morgan fingerprint density at radius 3 is 1.83 bits per heavy atom. The van der Waals surface area contributed by atoms with E-state index in [1.54, 1.807) is 36.4 Å². The van der Waals surface area contributed by atoms with E-state index in [9.17, 15) is 9.59 Å². The minimum Gasteiger partial charge on any atom is -0.347 e. The van der Waals surface area contributed by atoms with Crippen LogP contribution in [0.3, 0.4) is 0 Å². The molecule has 4 aromatic carbocycles. The Kier molecular flexibility index (Phi) is 8.39. The molecule has 0 aromatic heterocycles. The van der Waals surface area contributed by atoms with Crippen LogP contribution in [-0.2, 0) is 11.3 Å². The molecular weight excluding hydrogens is 476 g/mol. The smallest absolute Gasteiger partial charge is 0.269 e. The minimum absolute atomic E-state index is 0.181. The Morgan fingerprint density at radius 1 is 0.686 bits per heavy atom. The van der Waals surface area contributed by atoms with Crippen molar-refractivity contribution in [2.75, 3.05) is 0 Å². The van der Waals surface area contributed by atoms with Crippen molar-refractivity contribution in [3.05, 3.63) is 143 Å². The van der Waals surface area contributed by atoms with Gasteiger partial charge < -0.3 is 10.6 Å². The quantitative estimate of drug-likeness (QED) is 0.214. The largest absolute Gasteiger partial charge is 0.347 e. The summed E-state index contributed by atoms with van der Waals surface area (Å²) in [7, 11) is 0. The van der Waals surface area contributed by atoms with E-state index < -0.39 is 0 Å². The van der Waals surface area contributed by atoms with Crippen LogP contribution in [0.15, 0.2) is 126 Å². The monoisotopic (exact) mass is 498 g/mol. The molecule has 2 N–H and O–H groups in total. The number of nitrogens with one attached hydrogen (secondary N) is 2. The van der Waals surface area contributed by atoms with Crippen molar-refractivity contribution < 1.29 is 9.59 Å². The van der Waals surface area contributed by atoms with Crippen LogP contribution in [0.4, 0.5) is 0 Å². The number of hydrogen-bond acceptors (Lipinski definition) is 3. The Hall–Kier alpha value is -3.80. The fourth-order valence-corrected chi connectivity index (χ4v) is 4.46. The van der Waals surface area contributed by atoms with Crippen molar-refractivity contribution in [2.24, 2.45) is 0 Å². The van der Waals surface area contributed by atoms with Crippen LogP contribution < -0.4 is 10.6 Å². The molecule has 0 atom stereocenters. The summed E-state index contributed by atoms with van der Waals surface area (Å²) in [6.07, 6.45) is 0. The fraction of sp³-hybridized carbons (Fsp3) is 0.0345. The molecule has 6 heteroatoms. The second-order valence-corrected chi connectivity index (χ2v) is 9.13. The molecule has 0 saturated carbocycles. The van der Waals surface area contributed by atoms with Gasteiger partial charge in [-0.05, 0) is 47.5 Å². The molecule has 4 aromatic rings. The Balaban J connectivity index is 1.74. The maximum absolute atomic E-state index is 13.5. The average Bonchev–Trinajstić information content (AvgIpc) is 2.92. The van der Waals surface area contributed by atoms with Gasteiger partial charge >= 0.3 is 0 Å². The standard InChI is InChI=1S/C29H23ClN2O2S/c30-24-16-18-25(19-17-24)35-27(22-12-6-2-7-13-22)26(32-28(33)23-14-8-3-9-15-23)29(34)31-20-21-10-4-1-5-11-21/h1-19H,20H2,(H,31,34)(H,32,33)/b27-26-. The molecule has 0 aliphatic rings. The first-order chi connectivity index (χ1) is 17.1. The zero-order valence-corrected chi connectivity index (χ0v) is 20.4. The van der Waals surface area contributed by atoms with Crippen LogP contribution in [0.1, 0.15) is 21.5 Å². The number of benzene rings is 4. The summed E-state index contributed by atoms with van der Waals surface area (Å²) in [5.41, 5.74) is 2.41. The van der Waals surface area contributed by atoms with Gasteiger partial charge in [0.1, 0.15) is 5.70 Å². The molecule has 2 amide bonds. The van der Waals surface area contributed by atoms with Crippen molar-refractivity contribution >= 4 is 40.1 Å². The second kappa shape index (κ2) is 12.1. The van der Waals surface area contributed by atoms with Crippen LogP contribution in [0.2, 0.25) is 5.02 Å². The number of carbonyl (C=O) groups excluding carboxylic acids is 2. The van der Waals surface area contributed by atoms with Gasteiger partial charge in [0.25, 0.3) is 11.8 Å². The van der Waals surface area contributed by atoms with Crippen LogP contribution in [0.5, 0.6) is 0 Å². The summed E-state index contributed by atoms with van der Waals surface area (Å²) in [5, 5.41) is 6.46. The third-order valence-corrected chi connectivity index (χ3v) is 6.50. The first kappa shape index (κ1) is 24.3. The summed E-state index contributed by atoms with van der Waals surface area (Å²) in [4.78, 5) is 28.2. The molecule has 0 saturated heterocycles. The normalized spacial score (nSPS) is 11.3. The lowest BCUT2D eigenvalue weighted by atomic mass is 10.1. The molecule has 0 bridgehead atoms. The van der Waals surface area contributed by atoms with Gasteiger partial charge in [0.15, 0.2) is 0 Å². The van der Waals surface area contributed by atoms with Crippen molar-refractivity contribution in [3.63, 3.8) is 0 Å². The van der Waals surface area contributed by atoms with Crippen molar-refractivity contribution in [2.45, 2.75) is 11.4 Å². The predicted octanol–water partition coefficient (Wildman–Crippen LogP) is 6.55. The lowest BCUT2D eigenvalue weighted by molar-refractivity contribution is -0.117. The number of amides is 2. The van der Waals surface area contributed by atoms with Gasteiger partial charge in [-0.1, -0.05) is 102 Å². The molecule has 0 radical (unpaired) electrons. The van der Waals surface area contributed by atoms with Gasteiger partial charge in [0.2, 0.25) is 0 Å². The predicted molar refractivity (Wildman–Crippen MR) is 143 cm³/mol. The SMILES string of the molecule is O=C(NCc1ccccc1)/C(NC(=O)c1ccccc1)=C(/Sc1ccc(Cl)cc1)c1ccccc1. The van der Waals surface area contributed by atoms with E-state index in [1.807, 2.05) is 78.9 Å². The van der Waals surface area contributed by atoms with Gasteiger partial charge in [-0.15, -0.1) is 0 Å². The number of hydrogen-bond donors (Lipinski definition) is 2. The topological polar surface area (TPSA) is 58.2 Å². The zero-order chi connectivity index (χ0) is 24.5. The summed E-state index contributed by atoms with van der Waals surface area (Å²) in [6, 6.07) is 35.4. The first-order valence-corrected chi connectivity index (χ1v) is 12.2. The maximum atomic E-state index is 13.5. The van der Waals surface area contributed by atoms with E-state index in [1.165, 1.54) is 11.8 Å². The Bertz CT molecular complexity index is 1310. The first-order valence-electron chi connectivity index (χ1n) is 11.0. The van der Waals surface area contributed by atoms with Gasteiger partial charge in [0.05, 0.1) is 0 Å². The highest BCUT2D eigenvalue weighted by atomic mass is 35.5. The van der Waals surface area contributed by atoms with Gasteiger partial charge in [0, 0.05) is 26.9 Å². The van der Waals surface area contributed by atoms with Crippen LogP contribution >= 0.6 is 23.4 Å². The van der Waals surface area contributed by atoms with Gasteiger partial charge in [-0.2, -0.15) is 0 Å². The molecular formula is C29H23ClN2O2S. The zero-order valence-electron chi connectivity index (χ0n) is 18.8. The van der Waals surface area contributed by atoms with Crippen molar-refractivity contribution in [1.82, 2.24) is 10.6 Å². The molecule has 0 fully saturated rings. The van der Waals surface area contributed by atoms with Gasteiger partial charge in [-0.25, -0.2) is 0 Å². The highest BCUT2D eigenvalue weighted by molar-refractivity contribution is 8.08. The number of carbonyl (C=O) groups is 2. The average molecular weight is 499 g/mol. The van der Waals surface area contributed by atoms with E-state index in [2.05, 4.69) is 10.6 Å². The molecule has 174 valence electrons. The molecule has 4 rings (SSSR count). The lowest BCUT2D eigenvalue weighted by Gasteiger charge is -2.17. The van der Waals surface area contributed by atoms with Crippen molar-refractivity contribution in [3.8, 4) is 0 Å². The third kappa shape index (κ3) is 6.85. The number of thioether (sulfide) groups is 1. The van der Waals surface area contributed by atoms with Crippen LogP contribution in [-0.4, -0.2) is 11.8 Å². The molecule has 0 heterocycles. The Morgan fingerprint density at radius 2 is 1.23 bits per heavy atom. The molecule has 35 heavy (non-hydrogen) atoms. The van der Waals surface area contributed by atoms with E-state index in [0.717, 1.165) is 16.0 Å². The molecule has 0 aliphatic heterocycles. The summed E-state index contributed by atoms with van der Waals surface area (Å²) >= 11 is 7.46. The highest BCUT2D eigenvalue weighted by Crippen LogP contribution is 2.37. The maximum Gasteiger partial charge on any atom is 0.269 e. The summed E-state index contributed by atoms with van der Waals surface area (Å²) < 4.78 is 0. The second-order valence-electron chi connectivity index (χ2n) is 7.61. The number of rotatable bonds is 8.